The van der Waals surface area contributed by atoms with Crippen molar-refractivity contribution < 1.29 is 24.5 Å². The van der Waals surface area contributed by atoms with Crippen LogP contribution in [0.4, 0.5) is 4.79 Å². The molecule has 0 aromatic carbocycles. The molecule has 18 heavy (non-hydrogen) atoms. The molecule has 0 spiro atoms. The largest absolute Gasteiger partial charge is 0.481 e. The molecule has 0 fully saturated rings. The Bertz CT molecular complexity index is 270. The maximum Gasteiger partial charge on any atom is 0.317 e. The third kappa shape index (κ3) is 6.41. The minimum Gasteiger partial charge on any atom is -0.481 e. The number of aliphatic hydroxyl groups is 1. The van der Waals surface area contributed by atoms with E-state index in [1.165, 1.54) is 12.0 Å². The van der Waals surface area contributed by atoms with Crippen molar-refractivity contribution in [2.24, 2.45) is 0 Å². The van der Waals surface area contributed by atoms with Crippen molar-refractivity contribution in [3.63, 3.8) is 0 Å². The molecule has 0 aromatic heterocycles. The molecule has 0 bridgehead atoms. The Balaban J connectivity index is 4.23. The van der Waals surface area contributed by atoms with Gasteiger partial charge in [0.2, 0.25) is 0 Å². The normalized spacial score (nSPS) is 12.3. The van der Waals surface area contributed by atoms with Gasteiger partial charge < -0.3 is 25.2 Å². The summed E-state index contributed by atoms with van der Waals surface area (Å²) in [6, 6.07) is -0.385. The Labute approximate surface area is 107 Å². The van der Waals surface area contributed by atoms with Gasteiger partial charge in [-0.2, -0.15) is 0 Å². The van der Waals surface area contributed by atoms with Crippen LogP contribution in [0, 0.1) is 0 Å². The minimum atomic E-state index is -0.979. The number of aliphatic carboxylic acids is 1. The molecule has 1 unspecified atom stereocenters. The van der Waals surface area contributed by atoms with Crippen LogP contribution in [0.5, 0.6) is 0 Å². The number of methoxy groups -OCH3 is 1. The number of hydrogen-bond acceptors (Lipinski definition) is 4. The van der Waals surface area contributed by atoms with Gasteiger partial charge >= 0.3 is 12.0 Å². The smallest absolute Gasteiger partial charge is 0.317 e. The number of aliphatic hydroxyl groups excluding tert-OH is 1. The number of rotatable bonds is 8. The molecule has 2 amide bonds. The molecule has 0 aliphatic heterocycles. The third-order valence-corrected chi connectivity index (χ3v) is 2.44. The van der Waals surface area contributed by atoms with E-state index < -0.39 is 12.1 Å². The van der Waals surface area contributed by atoms with Crippen molar-refractivity contribution in [2.45, 2.75) is 32.4 Å². The number of carbonyl (C=O) groups is 2. The highest BCUT2D eigenvalue weighted by molar-refractivity contribution is 5.74. The summed E-state index contributed by atoms with van der Waals surface area (Å²) < 4.78 is 4.95. The first-order valence-electron chi connectivity index (χ1n) is 5.82. The molecule has 0 aromatic rings. The summed E-state index contributed by atoms with van der Waals surface area (Å²) in [4.78, 5) is 23.8. The molecule has 0 saturated carbocycles. The number of amides is 2. The second-order valence-electron chi connectivity index (χ2n) is 4.15. The SMILES string of the molecule is COC(CNC(=O)N(CCO)C(C)C)CC(=O)O. The van der Waals surface area contributed by atoms with Crippen LogP contribution in [0.3, 0.4) is 0 Å². The zero-order valence-electron chi connectivity index (χ0n) is 11.0. The van der Waals surface area contributed by atoms with Gasteiger partial charge in [0.25, 0.3) is 0 Å². The molecule has 0 aliphatic rings. The van der Waals surface area contributed by atoms with Gasteiger partial charge in [0, 0.05) is 26.2 Å². The topological polar surface area (TPSA) is 99.1 Å². The predicted octanol–water partition coefficient (Wildman–Crippen LogP) is -0.112. The molecular weight excluding hydrogens is 240 g/mol. The van der Waals surface area contributed by atoms with E-state index in [4.69, 9.17) is 14.9 Å². The number of carboxylic acid groups (broad SMARTS) is 1. The van der Waals surface area contributed by atoms with Crippen LogP contribution < -0.4 is 5.32 Å². The molecular formula is C11H22N2O5. The number of urea groups is 1. The van der Waals surface area contributed by atoms with Gasteiger partial charge in [-0.15, -0.1) is 0 Å². The van der Waals surface area contributed by atoms with Crippen molar-refractivity contribution >= 4 is 12.0 Å². The summed E-state index contributed by atoms with van der Waals surface area (Å²) >= 11 is 0. The number of carbonyl (C=O) groups excluding carboxylic acids is 1. The van der Waals surface area contributed by atoms with Gasteiger partial charge in [-0.1, -0.05) is 0 Å². The summed E-state index contributed by atoms with van der Waals surface area (Å²) in [5, 5.41) is 20.1. The maximum absolute atomic E-state index is 11.8. The zero-order valence-corrected chi connectivity index (χ0v) is 11.0. The van der Waals surface area contributed by atoms with Crippen molar-refractivity contribution in [3.8, 4) is 0 Å². The first kappa shape index (κ1) is 16.7. The average Bonchev–Trinajstić information content (AvgIpc) is 2.30. The number of nitrogens with zero attached hydrogens (tertiary/aromatic N) is 1. The molecule has 0 aliphatic carbocycles. The quantitative estimate of drug-likeness (QED) is 0.567. The van der Waals surface area contributed by atoms with Crippen LogP contribution in [0.15, 0.2) is 0 Å². The molecule has 0 saturated heterocycles. The summed E-state index contributed by atoms with van der Waals surface area (Å²) in [5.41, 5.74) is 0. The highest BCUT2D eigenvalue weighted by Gasteiger charge is 2.18. The number of carboxylic acids is 1. The van der Waals surface area contributed by atoms with E-state index in [1.807, 2.05) is 13.8 Å². The van der Waals surface area contributed by atoms with Gasteiger partial charge in [-0.05, 0) is 13.8 Å². The van der Waals surface area contributed by atoms with Gasteiger partial charge in [-0.25, -0.2) is 4.79 Å². The number of hydrogen-bond donors (Lipinski definition) is 3. The fourth-order valence-electron chi connectivity index (χ4n) is 1.44. The number of ether oxygens (including phenoxy) is 1. The summed E-state index contributed by atoms with van der Waals surface area (Å²) in [6.45, 7) is 3.91. The Kier molecular flexibility index (Phi) is 8.06. The summed E-state index contributed by atoms with van der Waals surface area (Å²) in [5.74, 6) is -0.979. The predicted molar refractivity (Wildman–Crippen MR) is 65.4 cm³/mol. The van der Waals surface area contributed by atoms with E-state index in [0.717, 1.165) is 0 Å². The first-order valence-corrected chi connectivity index (χ1v) is 5.82. The van der Waals surface area contributed by atoms with Crippen LogP contribution in [-0.2, 0) is 9.53 Å². The van der Waals surface area contributed by atoms with Crippen molar-refractivity contribution in [1.82, 2.24) is 10.2 Å². The van der Waals surface area contributed by atoms with Crippen molar-refractivity contribution in [1.29, 1.82) is 0 Å². The standard InChI is InChI=1S/C11H22N2O5/c1-8(2)13(4-5-14)11(17)12-7-9(18-3)6-10(15)16/h8-9,14H,4-7H2,1-3H3,(H,12,17)(H,15,16). The molecule has 0 radical (unpaired) electrons. The Morgan fingerprint density at radius 3 is 2.39 bits per heavy atom. The van der Waals surface area contributed by atoms with Crippen molar-refractivity contribution in [3.05, 3.63) is 0 Å². The molecule has 7 heteroatoms. The highest BCUT2D eigenvalue weighted by Crippen LogP contribution is 2.00. The first-order chi connectivity index (χ1) is 8.42. The lowest BCUT2D eigenvalue weighted by Crippen LogP contribution is -2.47. The second kappa shape index (κ2) is 8.71. The molecule has 1 atom stereocenters. The van der Waals surface area contributed by atoms with E-state index in [1.54, 1.807) is 0 Å². The van der Waals surface area contributed by atoms with E-state index in [9.17, 15) is 9.59 Å². The average molecular weight is 262 g/mol. The lowest BCUT2D eigenvalue weighted by Gasteiger charge is -2.27. The molecule has 0 heterocycles. The van der Waals surface area contributed by atoms with Crippen LogP contribution >= 0.6 is 0 Å². The van der Waals surface area contributed by atoms with Crippen molar-refractivity contribution in [2.75, 3.05) is 26.8 Å². The van der Waals surface area contributed by atoms with Gasteiger partial charge in [0.15, 0.2) is 0 Å². The summed E-state index contributed by atoms with van der Waals surface area (Å²) in [7, 11) is 1.40. The molecule has 106 valence electrons. The van der Waals surface area contributed by atoms with E-state index >= 15 is 0 Å². The Hall–Kier alpha value is -1.34. The fourth-order valence-corrected chi connectivity index (χ4v) is 1.44. The monoisotopic (exact) mass is 262 g/mol. The summed E-state index contributed by atoms with van der Waals surface area (Å²) in [6.07, 6.45) is -0.729. The van der Waals surface area contributed by atoms with Crippen LogP contribution in [0.1, 0.15) is 20.3 Å². The van der Waals surface area contributed by atoms with Crippen LogP contribution in [0.25, 0.3) is 0 Å². The second-order valence-corrected chi connectivity index (χ2v) is 4.15. The van der Waals surface area contributed by atoms with Crippen LogP contribution in [-0.4, -0.2) is 66.1 Å². The van der Waals surface area contributed by atoms with E-state index in [2.05, 4.69) is 5.32 Å². The third-order valence-electron chi connectivity index (χ3n) is 2.44. The Morgan fingerprint density at radius 2 is 2.00 bits per heavy atom. The maximum atomic E-state index is 11.8. The van der Waals surface area contributed by atoms with Gasteiger partial charge in [0.05, 0.1) is 19.1 Å². The van der Waals surface area contributed by atoms with Gasteiger partial charge in [0.1, 0.15) is 0 Å². The van der Waals surface area contributed by atoms with E-state index in [-0.39, 0.29) is 38.2 Å². The zero-order chi connectivity index (χ0) is 14.1. The van der Waals surface area contributed by atoms with E-state index in [0.29, 0.717) is 0 Å². The van der Waals surface area contributed by atoms with Gasteiger partial charge in [-0.3, -0.25) is 4.79 Å². The highest BCUT2D eigenvalue weighted by atomic mass is 16.5. The minimum absolute atomic E-state index is 0.0439. The lowest BCUT2D eigenvalue weighted by atomic mass is 10.2. The molecule has 3 N–H and O–H groups in total. The molecule has 7 nitrogen and oxygen atoms in total. The van der Waals surface area contributed by atoms with Crippen LogP contribution in [0.2, 0.25) is 0 Å². The molecule has 0 rings (SSSR count). The fraction of sp³-hybridized carbons (Fsp3) is 0.818. The lowest BCUT2D eigenvalue weighted by molar-refractivity contribution is -0.139. The Morgan fingerprint density at radius 1 is 1.39 bits per heavy atom. The number of nitrogens with one attached hydrogen (secondary N) is 1.